The van der Waals surface area contributed by atoms with E-state index in [9.17, 15) is 4.79 Å². The summed E-state index contributed by atoms with van der Waals surface area (Å²) >= 11 is 0. The number of ether oxygens (including phenoxy) is 2. The number of rotatable bonds is 8. The summed E-state index contributed by atoms with van der Waals surface area (Å²) in [5, 5.41) is 4.08. The summed E-state index contributed by atoms with van der Waals surface area (Å²) in [7, 11) is 0. The zero-order valence-corrected chi connectivity index (χ0v) is 18.8. The molecular weight excluding hydrogens is 406 g/mol. The monoisotopic (exact) mass is 435 g/mol. The van der Waals surface area contributed by atoms with Gasteiger partial charge in [0.2, 0.25) is 17.6 Å². The number of carbonyl (C=O) groups excluding carboxylic acids is 1. The number of aryl methyl sites for hydroxylation is 1. The molecule has 0 aliphatic carbocycles. The number of carbonyl (C=O) groups is 1. The molecule has 0 fully saturated rings. The summed E-state index contributed by atoms with van der Waals surface area (Å²) in [6.45, 7) is 8.41. The molecule has 3 aromatic rings. The van der Waals surface area contributed by atoms with E-state index in [4.69, 9.17) is 14.0 Å². The summed E-state index contributed by atoms with van der Waals surface area (Å²) in [6.07, 6.45) is 0.701. The van der Waals surface area contributed by atoms with Crippen LogP contribution in [0.15, 0.2) is 47.0 Å². The maximum Gasteiger partial charge on any atom is 0.227 e. The van der Waals surface area contributed by atoms with Crippen LogP contribution >= 0.6 is 0 Å². The van der Waals surface area contributed by atoms with Crippen molar-refractivity contribution >= 4 is 5.91 Å². The number of benzene rings is 2. The SMILES string of the molecule is CCN(Cc1cccc2c1OCCO2)C(=O)CCc1nc(-c2ccc(C(C)C)cc2)no1. The lowest BCUT2D eigenvalue weighted by Gasteiger charge is -2.25. The maximum atomic E-state index is 12.9. The lowest BCUT2D eigenvalue weighted by molar-refractivity contribution is -0.131. The molecule has 168 valence electrons. The van der Waals surface area contributed by atoms with Crippen LogP contribution in [0.25, 0.3) is 11.4 Å². The molecule has 0 saturated heterocycles. The zero-order chi connectivity index (χ0) is 22.5. The number of nitrogens with zero attached hydrogens (tertiary/aromatic N) is 3. The van der Waals surface area contributed by atoms with Gasteiger partial charge in [-0.05, 0) is 24.5 Å². The van der Waals surface area contributed by atoms with E-state index in [0.717, 1.165) is 22.6 Å². The van der Waals surface area contributed by atoms with Crippen LogP contribution in [0.5, 0.6) is 11.5 Å². The zero-order valence-electron chi connectivity index (χ0n) is 18.8. The first-order chi connectivity index (χ1) is 15.5. The minimum absolute atomic E-state index is 0.0304. The van der Waals surface area contributed by atoms with E-state index in [-0.39, 0.29) is 5.91 Å². The molecule has 0 bridgehead atoms. The molecule has 0 radical (unpaired) electrons. The van der Waals surface area contributed by atoms with E-state index in [0.29, 0.717) is 56.8 Å². The summed E-state index contributed by atoms with van der Waals surface area (Å²) in [5.74, 6) is 2.97. The molecular formula is C25H29N3O4. The van der Waals surface area contributed by atoms with E-state index in [2.05, 4.69) is 36.1 Å². The lowest BCUT2D eigenvalue weighted by Crippen LogP contribution is -2.31. The van der Waals surface area contributed by atoms with Gasteiger partial charge in [-0.1, -0.05) is 55.4 Å². The van der Waals surface area contributed by atoms with Crippen LogP contribution in [-0.2, 0) is 17.8 Å². The maximum absolute atomic E-state index is 12.9. The molecule has 32 heavy (non-hydrogen) atoms. The highest BCUT2D eigenvalue weighted by molar-refractivity contribution is 5.76. The largest absolute Gasteiger partial charge is 0.486 e. The molecule has 2 aromatic carbocycles. The number of hydrogen-bond donors (Lipinski definition) is 0. The number of amides is 1. The van der Waals surface area contributed by atoms with Crippen molar-refractivity contribution in [1.82, 2.24) is 15.0 Å². The number of hydrogen-bond acceptors (Lipinski definition) is 6. The van der Waals surface area contributed by atoms with Gasteiger partial charge in [0.15, 0.2) is 11.5 Å². The van der Waals surface area contributed by atoms with E-state index in [1.165, 1.54) is 5.56 Å². The van der Waals surface area contributed by atoms with Crippen molar-refractivity contribution in [3.8, 4) is 22.9 Å². The Balaban J connectivity index is 1.37. The van der Waals surface area contributed by atoms with Crippen molar-refractivity contribution in [3.05, 3.63) is 59.5 Å². The third kappa shape index (κ3) is 4.93. The van der Waals surface area contributed by atoms with Gasteiger partial charge in [0.25, 0.3) is 0 Å². The second-order valence-corrected chi connectivity index (χ2v) is 8.14. The number of para-hydroxylation sites is 1. The van der Waals surface area contributed by atoms with Gasteiger partial charge in [-0.15, -0.1) is 0 Å². The van der Waals surface area contributed by atoms with Crippen LogP contribution in [0, 0.1) is 0 Å². The fourth-order valence-electron chi connectivity index (χ4n) is 3.70. The molecule has 1 amide bonds. The lowest BCUT2D eigenvalue weighted by atomic mass is 10.0. The molecule has 7 nitrogen and oxygen atoms in total. The van der Waals surface area contributed by atoms with E-state index < -0.39 is 0 Å². The quantitative estimate of drug-likeness (QED) is 0.514. The molecule has 0 unspecified atom stereocenters. The van der Waals surface area contributed by atoms with Gasteiger partial charge in [0.05, 0.1) is 0 Å². The number of aromatic nitrogens is 2. The van der Waals surface area contributed by atoms with E-state index in [1.54, 1.807) is 4.90 Å². The molecule has 0 N–H and O–H groups in total. The van der Waals surface area contributed by atoms with Crippen LogP contribution in [0.1, 0.15) is 50.1 Å². The Morgan fingerprint density at radius 1 is 1.09 bits per heavy atom. The van der Waals surface area contributed by atoms with Crippen LogP contribution in [0.2, 0.25) is 0 Å². The normalized spacial score (nSPS) is 12.8. The van der Waals surface area contributed by atoms with Crippen LogP contribution < -0.4 is 9.47 Å². The molecule has 0 saturated carbocycles. The summed E-state index contributed by atoms with van der Waals surface area (Å²) < 4.78 is 16.8. The predicted octanol–water partition coefficient (Wildman–Crippen LogP) is 4.61. The minimum atomic E-state index is 0.0304. The van der Waals surface area contributed by atoms with Gasteiger partial charge in [-0.3, -0.25) is 4.79 Å². The molecule has 1 aromatic heterocycles. The van der Waals surface area contributed by atoms with Crippen LogP contribution in [0.3, 0.4) is 0 Å². The Morgan fingerprint density at radius 3 is 2.62 bits per heavy atom. The van der Waals surface area contributed by atoms with Crippen molar-refractivity contribution in [2.45, 2.75) is 46.1 Å². The van der Waals surface area contributed by atoms with E-state index in [1.807, 2.05) is 37.3 Å². The Kier molecular flexibility index (Phi) is 6.73. The molecule has 0 atom stereocenters. The average Bonchev–Trinajstić information content (AvgIpc) is 3.30. The molecule has 4 rings (SSSR count). The van der Waals surface area contributed by atoms with Gasteiger partial charge in [-0.2, -0.15) is 4.98 Å². The topological polar surface area (TPSA) is 77.7 Å². The first-order valence-corrected chi connectivity index (χ1v) is 11.1. The third-order valence-corrected chi connectivity index (χ3v) is 5.60. The minimum Gasteiger partial charge on any atom is -0.486 e. The molecule has 7 heteroatoms. The highest BCUT2D eigenvalue weighted by Gasteiger charge is 2.20. The summed E-state index contributed by atoms with van der Waals surface area (Å²) in [5.41, 5.74) is 3.11. The third-order valence-electron chi connectivity index (χ3n) is 5.60. The summed E-state index contributed by atoms with van der Waals surface area (Å²) in [6, 6.07) is 13.9. The van der Waals surface area contributed by atoms with Crippen LogP contribution in [-0.4, -0.2) is 40.7 Å². The Labute approximate surface area is 188 Å². The highest BCUT2D eigenvalue weighted by atomic mass is 16.6. The predicted molar refractivity (Wildman–Crippen MR) is 121 cm³/mol. The first-order valence-electron chi connectivity index (χ1n) is 11.1. The van der Waals surface area contributed by atoms with Crippen molar-refractivity contribution in [3.63, 3.8) is 0 Å². The van der Waals surface area contributed by atoms with E-state index >= 15 is 0 Å². The average molecular weight is 436 g/mol. The van der Waals surface area contributed by atoms with Crippen molar-refractivity contribution < 1.29 is 18.8 Å². The molecule has 1 aliphatic rings. The molecule has 2 heterocycles. The molecule has 1 aliphatic heterocycles. The highest BCUT2D eigenvalue weighted by Crippen LogP contribution is 2.34. The smallest absolute Gasteiger partial charge is 0.227 e. The van der Waals surface area contributed by atoms with Gasteiger partial charge in [0.1, 0.15) is 13.2 Å². The van der Waals surface area contributed by atoms with Gasteiger partial charge >= 0.3 is 0 Å². The van der Waals surface area contributed by atoms with Crippen molar-refractivity contribution in [2.24, 2.45) is 0 Å². The van der Waals surface area contributed by atoms with Gasteiger partial charge in [0, 0.05) is 37.1 Å². The second-order valence-electron chi connectivity index (χ2n) is 8.14. The Morgan fingerprint density at radius 2 is 1.88 bits per heavy atom. The van der Waals surface area contributed by atoms with Gasteiger partial charge in [-0.25, -0.2) is 0 Å². The van der Waals surface area contributed by atoms with Crippen molar-refractivity contribution in [2.75, 3.05) is 19.8 Å². The summed E-state index contributed by atoms with van der Waals surface area (Å²) in [4.78, 5) is 19.1. The standard InChI is InChI=1S/C25H29N3O4/c1-4-28(16-20-6-5-7-21-24(20)31-15-14-30-21)23(29)13-12-22-26-25(27-32-22)19-10-8-18(9-11-19)17(2)3/h5-11,17H,4,12-16H2,1-3H3. The fraction of sp³-hybridized carbons (Fsp3) is 0.400. The number of fused-ring (bicyclic) bond motifs is 1. The Bertz CT molecular complexity index is 1060. The fourth-order valence-corrected chi connectivity index (χ4v) is 3.70. The molecule has 0 spiro atoms. The van der Waals surface area contributed by atoms with Crippen molar-refractivity contribution in [1.29, 1.82) is 0 Å². The Hall–Kier alpha value is -3.35. The van der Waals surface area contributed by atoms with Gasteiger partial charge < -0.3 is 18.9 Å². The second kappa shape index (κ2) is 9.85. The first kappa shape index (κ1) is 21.9. The van der Waals surface area contributed by atoms with Crippen LogP contribution in [0.4, 0.5) is 0 Å².